The Balaban J connectivity index is 1.74. The van der Waals surface area contributed by atoms with Gasteiger partial charge in [-0.2, -0.15) is 9.36 Å². The number of aryl methyl sites for hydroxylation is 1. The summed E-state index contributed by atoms with van der Waals surface area (Å²) < 4.78 is 23.0. The number of aromatic nitrogens is 2. The Morgan fingerprint density at radius 3 is 3.09 bits per heavy atom. The van der Waals surface area contributed by atoms with Crippen LogP contribution in [-0.2, 0) is 0 Å². The molecule has 120 valence electrons. The highest BCUT2D eigenvalue weighted by molar-refractivity contribution is 7.99. The van der Waals surface area contributed by atoms with Crippen LogP contribution in [0.4, 0.5) is 9.52 Å². The van der Waals surface area contributed by atoms with Gasteiger partial charge in [0.15, 0.2) is 5.76 Å². The first-order valence-electron chi connectivity index (χ1n) is 7.00. The smallest absolute Gasteiger partial charge is 0.217 e. The van der Waals surface area contributed by atoms with Crippen LogP contribution in [0.2, 0.25) is 0 Å². The van der Waals surface area contributed by atoms with Crippen molar-refractivity contribution in [2.75, 3.05) is 17.6 Å². The Morgan fingerprint density at radius 1 is 1.48 bits per heavy atom. The van der Waals surface area contributed by atoms with Crippen molar-refractivity contribution in [3.05, 3.63) is 35.3 Å². The lowest BCUT2D eigenvalue weighted by atomic mass is 10.1. The molecule has 23 heavy (non-hydrogen) atoms. The van der Waals surface area contributed by atoms with E-state index in [1.54, 1.807) is 18.7 Å². The molecule has 0 fully saturated rings. The van der Waals surface area contributed by atoms with E-state index in [0.717, 1.165) is 5.75 Å². The highest BCUT2D eigenvalue weighted by Gasteiger charge is 2.18. The van der Waals surface area contributed by atoms with Crippen LogP contribution in [0.3, 0.4) is 0 Å². The molecule has 1 aromatic carbocycles. The van der Waals surface area contributed by atoms with Crippen LogP contribution in [0.15, 0.2) is 27.8 Å². The van der Waals surface area contributed by atoms with E-state index in [1.165, 1.54) is 29.7 Å². The Hall–Kier alpha value is -1.93. The van der Waals surface area contributed by atoms with Crippen LogP contribution in [0, 0.1) is 12.7 Å². The van der Waals surface area contributed by atoms with Gasteiger partial charge in [0.2, 0.25) is 16.1 Å². The molecular weight excluding hydrogens is 337 g/mol. The normalized spacial score (nSPS) is 11.1. The van der Waals surface area contributed by atoms with E-state index < -0.39 is 0 Å². The maximum Gasteiger partial charge on any atom is 0.217 e. The van der Waals surface area contributed by atoms with Crippen molar-refractivity contribution in [2.45, 2.75) is 19.0 Å². The molecule has 2 aromatic heterocycles. The zero-order valence-electron chi connectivity index (χ0n) is 12.6. The first-order chi connectivity index (χ1) is 11.1. The number of nitrogens with one attached hydrogen (secondary N) is 1. The Labute approximate surface area is 140 Å². The lowest BCUT2D eigenvalue weighted by Crippen LogP contribution is -2.14. The number of thioether (sulfide) groups is 1. The maximum absolute atomic E-state index is 13.3. The molecule has 3 rings (SSSR count). The number of furan rings is 1. The first-order valence-corrected chi connectivity index (χ1v) is 8.76. The summed E-state index contributed by atoms with van der Waals surface area (Å²) in [6.07, 6.45) is 0. The van der Waals surface area contributed by atoms with Crippen LogP contribution in [0.1, 0.15) is 23.0 Å². The monoisotopic (exact) mass is 351 g/mol. The number of Topliss-reactive ketones (excluding diaryl/α,β-unsaturated/α-hetero) is 1. The van der Waals surface area contributed by atoms with Crippen LogP contribution in [0.5, 0.6) is 0 Å². The van der Waals surface area contributed by atoms with Gasteiger partial charge in [0.05, 0.1) is 6.54 Å². The molecular formula is C15H14FN3O2S2. The number of hydrogen-bond donors (Lipinski definition) is 1. The fourth-order valence-corrected chi connectivity index (χ4v) is 3.43. The number of hydrogen-bond acceptors (Lipinski definition) is 7. The van der Waals surface area contributed by atoms with Gasteiger partial charge in [0.25, 0.3) is 0 Å². The predicted molar refractivity (Wildman–Crippen MR) is 90.0 cm³/mol. The van der Waals surface area contributed by atoms with Gasteiger partial charge in [0.1, 0.15) is 11.4 Å². The van der Waals surface area contributed by atoms with E-state index >= 15 is 0 Å². The van der Waals surface area contributed by atoms with Gasteiger partial charge in [-0.15, -0.1) is 0 Å². The van der Waals surface area contributed by atoms with Crippen molar-refractivity contribution in [1.29, 1.82) is 0 Å². The molecule has 8 heteroatoms. The number of fused-ring (bicyclic) bond motifs is 1. The number of rotatable bonds is 6. The molecule has 5 nitrogen and oxygen atoms in total. The van der Waals surface area contributed by atoms with Gasteiger partial charge < -0.3 is 9.73 Å². The number of carbonyl (C=O) groups excluding carboxylic acids is 1. The van der Waals surface area contributed by atoms with Crippen LogP contribution < -0.4 is 5.32 Å². The van der Waals surface area contributed by atoms with Crippen molar-refractivity contribution in [1.82, 2.24) is 9.36 Å². The summed E-state index contributed by atoms with van der Waals surface area (Å²) in [7, 11) is 0. The molecule has 0 aliphatic carbocycles. The first kappa shape index (κ1) is 15.9. The average Bonchev–Trinajstić information content (AvgIpc) is 3.11. The SMILES string of the molecule is CCSc1nsc(NCC(=O)c2oc3ccc(F)cc3c2C)n1. The minimum Gasteiger partial charge on any atom is -0.453 e. The van der Waals surface area contributed by atoms with Crippen molar-refractivity contribution < 1.29 is 13.6 Å². The summed E-state index contributed by atoms with van der Waals surface area (Å²) in [4.78, 5) is 16.6. The molecule has 0 spiro atoms. The number of halogens is 1. The average molecular weight is 351 g/mol. The van der Waals surface area contributed by atoms with E-state index in [4.69, 9.17) is 4.42 Å². The quantitative estimate of drug-likeness (QED) is 0.532. The Kier molecular flexibility index (Phi) is 4.63. The third-order valence-electron chi connectivity index (χ3n) is 3.23. The number of ketones is 1. The molecule has 0 amide bonds. The van der Waals surface area contributed by atoms with E-state index in [9.17, 15) is 9.18 Å². The van der Waals surface area contributed by atoms with E-state index in [-0.39, 0.29) is 23.9 Å². The largest absolute Gasteiger partial charge is 0.453 e. The summed E-state index contributed by atoms with van der Waals surface area (Å²) >= 11 is 2.76. The molecule has 0 atom stereocenters. The molecule has 0 aliphatic rings. The minimum atomic E-state index is -0.353. The molecule has 0 radical (unpaired) electrons. The highest BCUT2D eigenvalue weighted by Crippen LogP contribution is 2.26. The van der Waals surface area contributed by atoms with Gasteiger partial charge >= 0.3 is 0 Å². The lowest BCUT2D eigenvalue weighted by Gasteiger charge is -2.00. The summed E-state index contributed by atoms with van der Waals surface area (Å²) in [5.74, 6) is 0.572. The third kappa shape index (κ3) is 3.37. The van der Waals surface area contributed by atoms with Crippen LogP contribution >= 0.6 is 23.3 Å². The second-order valence-corrected chi connectivity index (χ2v) is 6.77. The third-order valence-corrected chi connectivity index (χ3v) is 4.75. The van der Waals surface area contributed by atoms with Gasteiger partial charge in [-0.3, -0.25) is 4.79 Å². The zero-order chi connectivity index (χ0) is 16.4. The van der Waals surface area contributed by atoms with E-state index in [0.29, 0.717) is 26.8 Å². The van der Waals surface area contributed by atoms with Crippen molar-refractivity contribution in [3.63, 3.8) is 0 Å². The summed E-state index contributed by atoms with van der Waals surface area (Å²) in [5, 5.41) is 4.86. The van der Waals surface area contributed by atoms with E-state index in [2.05, 4.69) is 14.7 Å². The number of benzene rings is 1. The zero-order valence-corrected chi connectivity index (χ0v) is 14.2. The van der Waals surface area contributed by atoms with Gasteiger partial charge in [-0.05, 0) is 30.9 Å². The van der Waals surface area contributed by atoms with Crippen molar-refractivity contribution in [3.8, 4) is 0 Å². The number of carbonyl (C=O) groups is 1. The molecule has 2 heterocycles. The number of anilines is 1. The van der Waals surface area contributed by atoms with Crippen molar-refractivity contribution in [2.24, 2.45) is 0 Å². The molecule has 0 bridgehead atoms. The fourth-order valence-electron chi connectivity index (χ4n) is 2.16. The topological polar surface area (TPSA) is 68.0 Å². The standard InChI is InChI=1S/C15H14FN3O2S2/c1-3-22-15-18-14(23-19-15)17-7-11(20)13-8(2)10-6-9(16)4-5-12(10)21-13/h4-6H,3,7H2,1-2H3,(H,17,18,19). The molecule has 0 saturated heterocycles. The molecule has 0 saturated carbocycles. The second kappa shape index (κ2) is 6.67. The summed E-state index contributed by atoms with van der Waals surface area (Å²) in [6.45, 7) is 3.82. The van der Waals surface area contributed by atoms with E-state index in [1.807, 2.05) is 6.92 Å². The summed E-state index contributed by atoms with van der Waals surface area (Å²) in [6, 6.07) is 4.21. The molecule has 0 aliphatic heterocycles. The second-order valence-electron chi connectivity index (χ2n) is 4.79. The van der Waals surface area contributed by atoms with Gasteiger partial charge in [-0.25, -0.2) is 4.39 Å². The van der Waals surface area contributed by atoms with Crippen LogP contribution in [0.25, 0.3) is 11.0 Å². The van der Waals surface area contributed by atoms with Crippen molar-refractivity contribution >= 4 is 45.2 Å². The number of nitrogens with zero attached hydrogens (tertiary/aromatic N) is 2. The molecule has 0 unspecified atom stereocenters. The minimum absolute atomic E-state index is 0.0502. The summed E-state index contributed by atoms with van der Waals surface area (Å²) in [5.41, 5.74) is 1.15. The van der Waals surface area contributed by atoms with Gasteiger partial charge in [0, 0.05) is 22.5 Å². The highest BCUT2D eigenvalue weighted by atomic mass is 32.2. The fraction of sp³-hybridized carbons (Fsp3) is 0.267. The lowest BCUT2D eigenvalue weighted by molar-refractivity contribution is 0.0981. The maximum atomic E-state index is 13.3. The Bertz CT molecular complexity index is 860. The predicted octanol–water partition coefficient (Wildman–Crippen LogP) is 4.14. The van der Waals surface area contributed by atoms with Gasteiger partial charge in [-0.1, -0.05) is 18.7 Å². The Morgan fingerprint density at radius 2 is 2.30 bits per heavy atom. The van der Waals surface area contributed by atoms with Crippen LogP contribution in [-0.4, -0.2) is 27.4 Å². The molecule has 1 N–H and O–H groups in total. The molecule has 3 aromatic rings.